The number of hydrogen-bond acceptors (Lipinski definition) is 3. The van der Waals surface area contributed by atoms with Gasteiger partial charge in [-0.2, -0.15) is 0 Å². The van der Waals surface area contributed by atoms with E-state index in [2.05, 4.69) is 22.4 Å². The maximum atomic E-state index is 13.0. The Morgan fingerprint density at radius 1 is 1.23 bits per heavy atom. The second-order valence-corrected chi connectivity index (χ2v) is 9.47. The first-order valence-electron chi connectivity index (χ1n) is 10.6. The number of benzene rings is 1. The van der Waals surface area contributed by atoms with Gasteiger partial charge in [-0.3, -0.25) is 14.6 Å². The predicted octanol–water partition coefficient (Wildman–Crippen LogP) is 4.66. The van der Waals surface area contributed by atoms with Crippen molar-refractivity contribution < 1.29 is 9.59 Å². The summed E-state index contributed by atoms with van der Waals surface area (Å²) in [5, 5.41) is 3.60. The van der Waals surface area contributed by atoms with Crippen molar-refractivity contribution in [2.24, 2.45) is 5.92 Å². The van der Waals surface area contributed by atoms with Crippen LogP contribution >= 0.6 is 11.6 Å². The van der Waals surface area contributed by atoms with Crippen LogP contribution in [0.15, 0.2) is 36.5 Å². The van der Waals surface area contributed by atoms with Gasteiger partial charge < -0.3 is 10.2 Å². The van der Waals surface area contributed by atoms with E-state index in [-0.39, 0.29) is 17.9 Å². The van der Waals surface area contributed by atoms with Gasteiger partial charge in [0.15, 0.2) is 0 Å². The summed E-state index contributed by atoms with van der Waals surface area (Å²) in [7, 11) is 0. The van der Waals surface area contributed by atoms with E-state index in [1.54, 1.807) is 12.3 Å². The highest BCUT2D eigenvalue weighted by Crippen LogP contribution is 2.42. The third-order valence-electron chi connectivity index (χ3n) is 6.57. The van der Waals surface area contributed by atoms with Gasteiger partial charge in [0.1, 0.15) is 0 Å². The summed E-state index contributed by atoms with van der Waals surface area (Å²) in [4.78, 5) is 31.8. The highest BCUT2D eigenvalue weighted by atomic mass is 35.5. The van der Waals surface area contributed by atoms with Gasteiger partial charge in [-0.05, 0) is 70.1 Å². The van der Waals surface area contributed by atoms with Gasteiger partial charge in [0, 0.05) is 24.5 Å². The van der Waals surface area contributed by atoms with Crippen LogP contribution in [-0.2, 0) is 10.2 Å². The normalized spacial score (nSPS) is 22.7. The number of amides is 2. The van der Waals surface area contributed by atoms with Crippen LogP contribution in [-0.4, -0.2) is 29.4 Å². The first-order valence-corrected chi connectivity index (χ1v) is 11.0. The molecule has 30 heavy (non-hydrogen) atoms. The minimum Gasteiger partial charge on any atom is -0.349 e. The molecule has 1 aliphatic heterocycles. The Hall–Kier alpha value is -2.40. The zero-order valence-corrected chi connectivity index (χ0v) is 18.5. The number of carbonyl (C=O) groups is 2. The molecule has 2 aliphatic rings. The van der Waals surface area contributed by atoms with Crippen LogP contribution < -0.4 is 10.2 Å². The smallest absolute Gasteiger partial charge is 0.253 e. The van der Waals surface area contributed by atoms with Gasteiger partial charge in [-0.25, -0.2) is 0 Å². The van der Waals surface area contributed by atoms with Crippen LogP contribution in [0.2, 0.25) is 5.02 Å². The fourth-order valence-corrected chi connectivity index (χ4v) is 4.89. The van der Waals surface area contributed by atoms with Crippen LogP contribution in [0.25, 0.3) is 0 Å². The van der Waals surface area contributed by atoms with E-state index >= 15 is 0 Å². The van der Waals surface area contributed by atoms with Crippen LogP contribution in [0.1, 0.15) is 61.1 Å². The number of halogens is 1. The minimum atomic E-state index is -0.468. The van der Waals surface area contributed by atoms with Crippen molar-refractivity contribution >= 4 is 29.1 Å². The van der Waals surface area contributed by atoms with Crippen LogP contribution in [0.4, 0.5) is 5.69 Å². The van der Waals surface area contributed by atoms with Crippen molar-refractivity contribution in [3.8, 4) is 0 Å². The molecule has 0 saturated heterocycles. The number of nitrogens with one attached hydrogen (secondary N) is 1. The number of fused-ring (bicyclic) bond motifs is 1. The Morgan fingerprint density at radius 2 is 1.93 bits per heavy atom. The highest BCUT2D eigenvalue weighted by Gasteiger charge is 2.44. The second-order valence-electron chi connectivity index (χ2n) is 9.04. The number of nitrogens with zero attached hydrogens (tertiary/aromatic N) is 2. The molecule has 6 heteroatoms. The van der Waals surface area contributed by atoms with Crippen LogP contribution in [0, 0.1) is 12.8 Å². The molecular formula is C24H28ClN3O2. The molecular weight excluding hydrogens is 398 g/mol. The molecule has 0 radical (unpaired) electrons. The monoisotopic (exact) mass is 425 g/mol. The van der Waals surface area contributed by atoms with E-state index in [9.17, 15) is 9.59 Å². The summed E-state index contributed by atoms with van der Waals surface area (Å²) >= 11 is 6.00. The molecule has 1 aromatic carbocycles. The zero-order valence-electron chi connectivity index (χ0n) is 17.7. The van der Waals surface area contributed by atoms with Gasteiger partial charge in [0.2, 0.25) is 5.91 Å². The topological polar surface area (TPSA) is 62.3 Å². The first kappa shape index (κ1) is 20.9. The van der Waals surface area contributed by atoms with Gasteiger partial charge in [0.05, 0.1) is 21.7 Å². The summed E-state index contributed by atoms with van der Waals surface area (Å²) < 4.78 is 0. The molecule has 4 rings (SSSR count). The van der Waals surface area contributed by atoms with Gasteiger partial charge in [0.25, 0.3) is 5.91 Å². The van der Waals surface area contributed by atoms with Crippen molar-refractivity contribution in [1.82, 2.24) is 10.3 Å². The Morgan fingerprint density at radius 3 is 2.67 bits per heavy atom. The van der Waals surface area contributed by atoms with Gasteiger partial charge >= 0.3 is 0 Å². The summed E-state index contributed by atoms with van der Waals surface area (Å²) in [6.07, 6.45) is 5.36. The number of para-hydroxylation sites is 1. The number of hydrogen-bond donors (Lipinski definition) is 1. The average molecular weight is 426 g/mol. The van der Waals surface area contributed by atoms with E-state index in [1.807, 2.05) is 37.8 Å². The molecule has 1 aromatic heterocycles. The van der Waals surface area contributed by atoms with Crippen molar-refractivity contribution in [3.63, 3.8) is 0 Å². The lowest BCUT2D eigenvalue weighted by Gasteiger charge is -2.32. The molecule has 0 spiro atoms. The van der Waals surface area contributed by atoms with Gasteiger partial charge in [-0.15, -0.1) is 0 Å². The number of carbonyl (C=O) groups excluding carboxylic acids is 2. The van der Waals surface area contributed by atoms with E-state index < -0.39 is 5.41 Å². The van der Waals surface area contributed by atoms with Crippen molar-refractivity contribution in [1.29, 1.82) is 0 Å². The second kappa shape index (κ2) is 8.03. The van der Waals surface area contributed by atoms with E-state index in [1.165, 1.54) is 0 Å². The van der Waals surface area contributed by atoms with E-state index in [4.69, 9.17) is 11.6 Å². The highest BCUT2D eigenvalue weighted by molar-refractivity contribution is 6.30. The maximum Gasteiger partial charge on any atom is 0.253 e. The number of aryl methyl sites for hydroxylation is 1. The molecule has 1 saturated carbocycles. The lowest BCUT2D eigenvalue weighted by molar-refractivity contribution is -0.122. The van der Waals surface area contributed by atoms with Crippen molar-refractivity contribution in [3.05, 3.63) is 58.4 Å². The van der Waals surface area contributed by atoms with Crippen molar-refractivity contribution in [2.45, 2.75) is 57.9 Å². The molecule has 2 aromatic rings. The molecule has 158 valence electrons. The first-order chi connectivity index (χ1) is 14.3. The minimum absolute atomic E-state index is 0.114. The molecule has 0 atom stereocenters. The largest absolute Gasteiger partial charge is 0.349 e. The Labute approximate surface area is 182 Å². The third-order valence-corrected chi connectivity index (χ3v) is 6.78. The molecule has 0 bridgehead atoms. The average Bonchev–Trinajstić information content (AvgIpc) is 2.92. The number of pyridine rings is 1. The summed E-state index contributed by atoms with van der Waals surface area (Å²) in [5.41, 5.74) is 2.91. The standard InChI is InChI=1S/C24H28ClN3O2/c1-15-19(12-17(25)13-26-15)22(29)27-18-10-8-16(9-11-18)14-28-21-7-5-4-6-20(21)24(2,3)23(28)30/h4-7,12-13,16,18H,8-11,14H2,1-3H3,(H,27,29)/t16-,18-. The third kappa shape index (κ3) is 3.83. The number of anilines is 1. The zero-order chi connectivity index (χ0) is 21.5. The Balaban J connectivity index is 1.36. The molecule has 2 amide bonds. The molecule has 5 nitrogen and oxygen atoms in total. The quantitative estimate of drug-likeness (QED) is 0.775. The lowest BCUT2D eigenvalue weighted by Crippen LogP contribution is -2.42. The Kier molecular flexibility index (Phi) is 5.58. The van der Waals surface area contributed by atoms with Crippen LogP contribution in [0.3, 0.4) is 0 Å². The fraction of sp³-hybridized carbons (Fsp3) is 0.458. The molecule has 1 fully saturated rings. The summed E-state index contributed by atoms with van der Waals surface area (Å²) in [6, 6.07) is 9.93. The maximum absolute atomic E-state index is 13.0. The fourth-order valence-electron chi connectivity index (χ4n) is 4.73. The number of rotatable bonds is 4. The van der Waals surface area contributed by atoms with E-state index in [0.717, 1.165) is 43.5 Å². The summed E-state index contributed by atoms with van der Waals surface area (Å²) in [6.45, 7) is 6.58. The molecule has 1 aliphatic carbocycles. The lowest BCUT2D eigenvalue weighted by atomic mass is 9.85. The molecule has 2 heterocycles. The van der Waals surface area contributed by atoms with Crippen molar-refractivity contribution in [2.75, 3.05) is 11.4 Å². The Bertz CT molecular complexity index is 980. The molecule has 0 unspecified atom stereocenters. The predicted molar refractivity (Wildman–Crippen MR) is 119 cm³/mol. The number of aromatic nitrogens is 1. The van der Waals surface area contributed by atoms with Gasteiger partial charge in [-0.1, -0.05) is 29.8 Å². The molecule has 1 N–H and O–H groups in total. The summed E-state index contributed by atoms with van der Waals surface area (Å²) in [5.74, 6) is 0.512. The SMILES string of the molecule is Cc1ncc(Cl)cc1C(=O)N[C@H]1CC[C@H](CN2C(=O)C(C)(C)c3ccccc32)CC1. The van der Waals surface area contributed by atoms with E-state index in [0.29, 0.717) is 22.2 Å². The van der Waals surface area contributed by atoms with Crippen LogP contribution in [0.5, 0.6) is 0 Å².